The summed E-state index contributed by atoms with van der Waals surface area (Å²) in [5.41, 5.74) is 0.0180. The molecule has 4 heterocycles. The number of amides is 1. The van der Waals surface area contributed by atoms with Crippen molar-refractivity contribution in [3.8, 4) is 0 Å². The number of alkyl halides is 3. The van der Waals surface area contributed by atoms with Crippen LogP contribution in [0.5, 0.6) is 0 Å². The summed E-state index contributed by atoms with van der Waals surface area (Å²) in [4.78, 5) is 24.3. The molecule has 29 heavy (non-hydrogen) atoms. The Labute approximate surface area is 167 Å². The van der Waals surface area contributed by atoms with Gasteiger partial charge in [0.1, 0.15) is 11.5 Å². The highest BCUT2D eigenvalue weighted by Gasteiger charge is 2.41. The molecule has 4 rings (SSSR count). The van der Waals surface area contributed by atoms with Gasteiger partial charge < -0.3 is 9.80 Å². The van der Waals surface area contributed by atoms with Crippen molar-refractivity contribution in [2.75, 3.05) is 24.5 Å². The number of halogens is 3. The van der Waals surface area contributed by atoms with Crippen LogP contribution in [0.15, 0.2) is 42.6 Å². The standard InChI is InChI=1S/C21H23F3N4O/c22-21(23,24)17-5-3-6-18(26-17)27-12-9-20(10-13-27)8-7-19(29)28(15-20)14-16-4-1-2-11-25-16/h1-6,11H,7-10,12-15H2. The van der Waals surface area contributed by atoms with Crippen molar-refractivity contribution in [3.63, 3.8) is 0 Å². The van der Waals surface area contributed by atoms with Crippen LogP contribution in [-0.4, -0.2) is 40.4 Å². The number of hydrogen-bond acceptors (Lipinski definition) is 4. The molecule has 0 atom stereocenters. The zero-order chi connectivity index (χ0) is 20.5. The van der Waals surface area contributed by atoms with E-state index in [1.165, 1.54) is 6.07 Å². The molecule has 0 saturated carbocycles. The molecule has 5 nitrogen and oxygen atoms in total. The van der Waals surface area contributed by atoms with Gasteiger partial charge in [-0.1, -0.05) is 12.1 Å². The molecule has 0 aromatic carbocycles. The Hall–Kier alpha value is -2.64. The molecule has 2 aromatic rings. The Morgan fingerprint density at radius 1 is 1.03 bits per heavy atom. The van der Waals surface area contributed by atoms with E-state index < -0.39 is 11.9 Å². The van der Waals surface area contributed by atoms with Crippen LogP contribution >= 0.6 is 0 Å². The van der Waals surface area contributed by atoms with Gasteiger partial charge in [-0.2, -0.15) is 13.2 Å². The largest absolute Gasteiger partial charge is 0.433 e. The van der Waals surface area contributed by atoms with Gasteiger partial charge >= 0.3 is 6.18 Å². The summed E-state index contributed by atoms with van der Waals surface area (Å²) in [6, 6.07) is 9.70. The van der Waals surface area contributed by atoms with E-state index in [9.17, 15) is 18.0 Å². The number of carbonyl (C=O) groups excluding carboxylic acids is 1. The summed E-state index contributed by atoms with van der Waals surface area (Å²) in [5.74, 6) is 0.509. The molecule has 1 spiro atoms. The molecule has 2 aliphatic heterocycles. The number of aromatic nitrogens is 2. The maximum absolute atomic E-state index is 13.0. The molecular weight excluding hydrogens is 381 g/mol. The zero-order valence-corrected chi connectivity index (χ0v) is 16.0. The number of anilines is 1. The van der Waals surface area contributed by atoms with Gasteiger partial charge in [-0.15, -0.1) is 0 Å². The third-order valence-corrected chi connectivity index (χ3v) is 6.00. The number of likely N-dealkylation sites (tertiary alicyclic amines) is 1. The molecule has 1 amide bonds. The first kappa shape index (κ1) is 19.7. The predicted octanol–water partition coefficient (Wildman–Crippen LogP) is 3.90. The second kappa shape index (κ2) is 7.65. The van der Waals surface area contributed by atoms with Crippen molar-refractivity contribution in [2.45, 2.75) is 38.4 Å². The van der Waals surface area contributed by atoms with Crippen molar-refractivity contribution in [2.24, 2.45) is 5.41 Å². The van der Waals surface area contributed by atoms with Crippen molar-refractivity contribution in [1.29, 1.82) is 0 Å². The number of piperidine rings is 2. The van der Waals surface area contributed by atoms with Gasteiger partial charge in [-0.05, 0) is 48.9 Å². The van der Waals surface area contributed by atoms with E-state index in [0.29, 0.717) is 38.4 Å². The third kappa shape index (κ3) is 4.36. The SMILES string of the molecule is O=C1CCC2(CCN(c3cccc(C(F)(F)F)n3)CC2)CN1Cc1ccccn1. The number of nitrogens with zero attached hydrogens (tertiary/aromatic N) is 4. The van der Waals surface area contributed by atoms with Crippen molar-refractivity contribution < 1.29 is 18.0 Å². The quantitative estimate of drug-likeness (QED) is 0.779. The Morgan fingerprint density at radius 3 is 2.52 bits per heavy atom. The lowest BCUT2D eigenvalue weighted by Gasteiger charge is -2.47. The average molecular weight is 404 g/mol. The minimum absolute atomic E-state index is 0.0147. The van der Waals surface area contributed by atoms with E-state index in [1.807, 2.05) is 28.0 Å². The molecule has 2 aromatic heterocycles. The smallest absolute Gasteiger partial charge is 0.357 e. The topological polar surface area (TPSA) is 49.3 Å². The van der Waals surface area contributed by atoms with Crippen LogP contribution in [0, 0.1) is 5.41 Å². The van der Waals surface area contributed by atoms with Crippen LogP contribution in [0.4, 0.5) is 19.0 Å². The van der Waals surface area contributed by atoms with E-state index >= 15 is 0 Å². The van der Waals surface area contributed by atoms with Gasteiger partial charge in [0.25, 0.3) is 0 Å². The number of hydrogen-bond donors (Lipinski definition) is 0. The van der Waals surface area contributed by atoms with Gasteiger partial charge in [0.2, 0.25) is 5.91 Å². The Morgan fingerprint density at radius 2 is 1.83 bits per heavy atom. The zero-order valence-electron chi connectivity index (χ0n) is 16.0. The second-order valence-corrected chi connectivity index (χ2v) is 7.94. The highest BCUT2D eigenvalue weighted by atomic mass is 19.4. The lowest BCUT2D eigenvalue weighted by Crippen LogP contribution is -2.51. The molecule has 0 N–H and O–H groups in total. The van der Waals surface area contributed by atoms with Gasteiger partial charge in [0.05, 0.1) is 12.2 Å². The maximum atomic E-state index is 13.0. The number of pyridine rings is 2. The number of rotatable bonds is 3. The highest BCUT2D eigenvalue weighted by Crippen LogP contribution is 2.41. The molecule has 2 fully saturated rings. The first-order valence-corrected chi connectivity index (χ1v) is 9.82. The molecule has 0 bridgehead atoms. The van der Waals surface area contributed by atoms with Crippen molar-refractivity contribution >= 4 is 11.7 Å². The van der Waals surface area contributed by atoms with Crippen molar-refractivity contribution in [3.05, 3.63) is 54.0 Å². The van der Waals surface area contributed by atoms with Crippen LogP contribution in [0.2, 0.25) is 0 Å². The average Bonchev–Trinajstić information content (AvgIpc) is 2.72. The minimum atomic E-state index is -4.44. The monoisotopic (exact) mass is 404 g/mol. The normalized spacial score (nSPS) is 19.6. The lowest BCUT2D eigenvalue weighted by molar-refractivity contribution is -0.141. The molecule has 2 saturated heterocycles. The summed E-state index contributed by atoms with van der Waals surface area (Å²) >= 11 is 0. The predicted molar refractivity (Wildman–Crippen MR) is 102 cm³/mol. The Bertz CT molecular complexity index is 864. The van der Waals surface area contributed by atoms with Crippen LogP contribution in [0.25, 0.3) is 0 Å². The van der Waals surface area contributed by atoms with E-state index in [4.69, 9.17) is 0 Å². The lowest BCUT2D eigenvalue weighted by atomic mass is 9.72. The first-order chi connectivity index (χ1) is 13.8. The fourth-order valence-corrected chi connectivity index (χ4v) is 4.31. The molecule has 0 aliphatic carbocycles. The summed E-state index contributed by atoms with van der Waals surface area (Å²) in [6.45, 7) is 2.45. The summed E-state index contributed by atoms with van der Waals surface area (Å²) in [5, 5.41) is 0. The molecular formula is C21H23F3N4O. The fourth-order valence-electron chi connectivity index (χ4n) is 4.31. The van der Waals surface area contributed by atoms with Crippen molar-refractivity contribution in [1.82, 2.24) is 14.9 Å². The van der Waals surface area contributed by atoms with E-state index in [0.717, 1.165) is 31.0 Å². The molecule has 8 heteroatoms. The van der Waals surface area contributed by atoms with Gasteiger partial charge in [-0.25, -0.2) is 4.98 Å². The van der Waals surface area contributed by atoms with E-state index in [2.05, 4.69) is 9.97 Å². The maximum Gasteiger partial charge on any atom is 0.433 e. The summed E-state index contributed by atoms with van der Waals surface area (Å²) in [6.07, 6.45) is 0.277. The van der Waals surface area contributed by atoms with Crippen LogP contribution < -0.4 is 4.90 Å². The summed E-state index contributed by atoms with van der Waals surface area (Å²) in [7, 11) is 0. The van der Waals surface area contributed by atoms with Crippen LogP contribution in [0.3, 0.4) is 0 Å². The van der Waals surface area contributed by atoms with Gasteiger partial charge in [-0.3, -0.25) is 9.78 Å². The minimum Gasteiger partial charge on any atom is -0.357 e. The van der Waals surface area contributed by atoms with E-state index in [1.54, 1.807) is 12.3 Å². The molecule has 154 valence electrons. The molecule has 0 unspecified atom stereocenters. The fraction of sp³-hybridized carbons (Fsp3) is 0.476. The highest BCUT2D eigenvalue weighted by molar-refractivity contribution is 5.77. The number of carbonyl (C=O) groups is 1. The van der Waals surface area contributed by atoms with Crippen LogP contribution in [-0.2, 0) is 17.5 Å². The first-order valence-electron chi connectivity index (χ1n) is 9.82. The molecule has 0 radical (unpaired) electrons. The summed E-state index contributed by atoms with van der Waals surface area (Å²) < 4.78 is 38.9. The molecule has 2 aliphatic rings. The van der Waals surface area contributed by atoms with Crippen LogP contribution in [0.1, 0.15) is 37.1 Å². The van der Waals surface area contributed by atoms with Gasteiger partial charge in [0, 0.05) is 32.3 Å². The Kier molecular flexibility index (Phi) is 5.19. The van der Waals surface area contributed by atoms with E-state index in [-0.39, 0.29) is 11.3 Å². The second-order valence-electron chi connectivity index (χ2n) is 7.94. The van der Waals surface area contributed by atoms with Gasteiger partial charge in [0.15, 0.2) is 0 Å². The third-order valence-electron chi connectivity index (χ3n) is 6.00. The Balaban J connectivity index is 1.42.